The number of ether oxygens (including phenoxy) is 1. The van der Waals surface area contributed by atoms with Gasteiger partial charge in [0.15, 0.2) is 12.3 Å². The summed E-state index contributed by atoms with van der Waals surface area (Å²) in [5.74, 6) is 0.0611. The summed E-state index contributed by atoms with van der Waals surface area (Å²) in [5, 5.41) is 13.9. The molecule has 0 heterocycles. The molecule has 24 heavy (non-hydrogen) atoms. The van der Waals surface area contributed by atoms with E-state index in [1.807, 2.05) is 0 Å². The van der Waals surface area contributed by atoms with Gasteiger partial charge in [-0.05, 0) is 38.2 Å². The lowest BCUT2D eigenvalue weighted by atomic mass is 9.94. The number of quaternary nitrogens is 1. The SMILES string of the molecule is COc1cc(NC(=O)C[NH+](C)C2CCCCC2)c(C)cc1[N+](=O)[O-]. The number of amides is 1. The fourth-order valence-corrected chi connectivity index (χ4v) is 3.30. The van der Waals surface area contributed by atoms with Crippen molar-refractivity contribution in [1.82, 2.24) is 0 Å². The number of nitro groups is 1. The largest absolute Gasteiger partial charge is 0.490 e. The van der Waals surface area contributed by atoms with Crippen LogP contribution in [0.1, 0.15) is 37.7 Å². The van der Waals surface area contributed by atoms with Crippen LogP contribution >= 0.6 is 0 Å². The van der Waals surface area contributed by atoms with Crippen LogP contribution in [-0.4, -0.2) is 37.6 Å². The molecule has 2 N–H and O–H groups in total. The zero-order chi connectivity index (χ0) is 17.7. The van der Waals surface area contributed by atoms with Crippen molar-refractivity contribution in [2.45, 2.75) is 45.1 Å². The molecule has 0 aromatic heterocycles. The van der Waals surface area contributed by atoms with Crippen LogP contribution in [0.2, 0.25) is 0 Å². The highest BCUT2D eigenvalue weighted by molar-refractivity contribution is 5.92. The van der Waals surface area contributed by atoms with Gasteiger partial charge in [-0.1, -0.05) is 6.42 Å². The molecule has 1 saturated carbocycles. The quantitative estimate of drug-likeness (QED) is 0.611. The molecule has 1 amide bonds. The first-order valence-electron chi connectivity index (χ1n) is 8.37. The molecular formula is C17H26N3O4+. The van der Waals surface area contributed by atoms with E-state index < -0.39 is 4.92 Å². The monoisotopic (exact) mass is 336 g/mol. The molecule has 1 aliphatic rings. The van der Waals surface area contributed by atoms with Gasteiger partial charge in [0.05, 0.1) is 25.1 Å². The third kappa shape index (κ3) is 4.44. The lowest BCUT2D eigenvalue weighted by Gasteiger charge is -2.27. The Morgan fingerprint density at radius 1 is 1.38 bits per heavy atom. The number of carbonyl (C=O) groups excluding carboxylic acids is 1. The van der Waals surface area contributed by atoms with Crippen molar-refractivity contribution in [2.75, 3.05) is 26.0 Å². The van der Waals surface area contributed by atoms with Crippen LogP contribution in [0, 0.1) is 17.0 Å². The number of methoxy groups -OCH3 is 1. The van der Waals surface area contributed by atoms with Crippen molar-refractivity contribution >= 4 is 17.3 Å². The van der Waals surface area contributed by atoms with Gasteiger partial charge >= 0.3 is 5.69 Å². The zero-order valence-corrected chi connectivity index (χ0v) is 14.6. The van der Waals surface area contributed by atoms with Gasteiger partial charge in [0.25, 0.3) is 5.91 Å². The van der Waals surface area contributed by atoms with Crippen LogP contribution in [-0.2, 0) is 4.79 Å². The summed E-state index contributed by atoms with van der Waals surface area (Å²) >= 11 is 0. The van der Waals surface area contributed by atoms with Gasteiger partial charge in [0.1, 0.15) is 0 Å². The maximum absolute atomic E-state index is 12.3. The van der Waals surface area contributed by atoms with Crippen LogP contribution in [0.25, 0.3) is 0 Å². The van der Waals surface area contributed by atoms with Crippen molar-refractivity contribution in [3.05, 3.63) is 27.8 Å². The summed E-state index contributed by atoms with van der Waals surface area (Å²) in [7, 11) is 3.43. The first-order chi connectivity index (χ1) is 11.4. The van der Waals surface area contributed by atoms with Gasteiger partial charge in [0, 0.05) is 17.8 Å². The number of anilines is 1. The molecule has 7 nitrogen and oxygen atoms in total. The van der Waals surface area contributed by atoms with Gasteiger partial charge in [0.2, 0.25) is 0 Å². The van der Waals surface area contributed by atoms with Crippen LogP contribution in [0.5, 0.6) is 5.75 Å². The molecule has 0 spiro atoms. The minimum atomic E-state index is -0.488. The Bertz CT molecular complexity index is 612. The first kappa shape index (κ1) is 18.2. The summed E-state index contributed by atoms with van der Waals surface area (Å²) in [6.45, 7) is 2.13. The van der Waals surface area contributed by atoms with Gasteiger partial charge in [-0.2, -0.15) is 0 Å². The summed E-state index contributed by atoms with van der Waals surface area (Å²) in [6, 6.07) is 3.48. The molecule has 0 radical (unpaired) electrons. The molecule has 2 rings (SSSR count). The zero-order valence-electron chi connectivity index (χ0n) is 14.6. The molecule has 7 heteroatoms. The van der Waals surface area contributed by atoms with E-state index in [4.69, 9.17) is 4.74 Å². The standard InChI is InChI=1S/C17H25N3O4/c1-12-9-15(20(22)23)16(24-3)10-14(12)18-17(21)11-19(2)13-7-5-4-6-8-13/h9-10,13H,4-8,11H2,1-3H3,(H,18,21)/p+1. The average Bonchev–Trinajstić information content (AvgIpc) is 2.56. The molecule has 1 fully saturated rings. The maximum atomic E-state index is 12.3. The molecule has 132 valence electrons. The Morgan fingerprint density at radius 3 is 2.62 bits per heavy atom. The van der Waals surface area contributed by atoms with Crippen LogP contribution in [0.3, 0.4) is 0 Å². The van der Waals surface area contributed by atoms with Crippen molar-refractivity contribution < 1.29 is 19.4 Å². The Morgan fingerprint density at radius 2 is 2.04 bits per heavy atom. The first-order valence-corrected chi connectivity index (χ1v) is 8.37. The Kier molecular flexibility index (Phi) is 6.14. The number of nitrogens with one attached hydrogen (secondary N) is 2. The summed E-state index contributed by atoms with van der Waals surface area (Å²) in [6.07, 6.45) is 6.11. The summed E-state index contributed by atoms with van der Waals surface area (Å²) in [4.78, 5) is 24.1. The molecule has 1 aromatic carbocycles. The fraction of sp³-hybridized carbons (Fsp3) is 0.588. The molecule has 1 aromatic rings. The highest BCUT2D eigenvalue weighted by Gasteiger charge is 2.24. The van der Waals surface area contributed by atoms with Gasteiger partial charge in [-0.3, -0.25) is 14.9 Å². The normalized spacial score (nSPS) is 16.5. The molecule has 1 atom stereocenters. The van der Waals surface area contributed by atoms with Crippen molar-refractivity contribution in [3.8, 4) is 5.75 Å². The maximum Gasteiger partial charge on any atom is 0.311 e. The Labute approximate surface area is 142 Å². The fourth-order valence-electron chi connectivity index (χ4n) is 3.30. The highest BCUT2D eigenvalue weighted by atomic mass is 16.6. The minimum absolute atomic E-state index is 0.0860. The lowest BCUT2D eigenvalue weighted by molar-refractivity contribution is -0.899. The predicted molar refractivity (Wildman–Crippen MR) is 91.6 cm³/mol. The number of carbonyl (C=O) groups is 1. The number of hydrogen-bond donors (Lipinski definition) is 2. The Balaban J connectivity index is 2.04. The van der Waals surface area contributed by atoms with Gasteiger partial charge in [-0.15, -0.1) is 0 Å². The van der Waals surface area contributed by atoms with E-state index >= 15 is 0 Å². The minimum Gasteiger partial charge on any atom is -0.490 e. The van der Waals surface area contributed by atoms with E-state index in [9.17, 15) is 14.9 Å². The summed E-state index contributed by atoms with van der Waals surface area (Å²) < 4.78 is 5.06. The van der Waals surface area contributed by atoms with E-state index in [0.29, 0.717) is 23.8 Å². The molecular weight excluding hydrogens is 310 g/mol. The number of nitro benzene ring substituents is 1. The second kappa shape index (κ2) is 8.10. The van der Waals surface area contributed by atoms with E-state index in [-0.39, 0.29) is 17.3 Å². The third-order valence-electron chi connectivity index (χ3n) is 4.74. The van der Waals surface area contributed by atoms with Gasteiger partial charge < -0.3 is 15.0 Å². The third-order valence-corrected chi connectivity index (χ3v) is 4.74. The molecule has 0 bridgehead atoms. The molecule has 0 aliphatic heterocycles. The topological polar surface area (TPSA) is 85.9 Å². The molecule has 1 unspecified atom stereocenters. The summed E-state index contributed by atoms with van der Waals surface area (Å²) in [5.41, 5.74) is 1.10. The number of likely N-dealkylation sites (N-methyl/N-ethyl adjacent to an activating group) is 1. The number of nitrogens with zero attached hydrogens (tertiary/aromatic N) is 1. The van der Waals surface area contributed by atoms with E-state index in [0.717, 1.165) is 0 Å². The average molecular weight is 336 g/mol. The van der Waals surface area contributed by atoms with Crippen molar-refractivity contribution in [2.24, 2.45) is 0 Å². The van der Waals surface area contributed by atoms with Gasteiger partial charge in [-0.25, -0.2) is 0 Å². The smallest absolute Gasteiger partial charge is 0.311 e. The second-order valence-electron chi connectivity index (χ2n) is 6.50. The lowest BCUT2D eigenvalue weighted by Crippen LogP contribution is -3.14. The van der Waals surface area contributed by atoms with Crippen LogP contribution in [0.4, 0.5) is 11.4 Å². The van der Waals surface area contributed by atoms with E-state index in [1.54, 1.807) is 6.92 Å². The van der Waals surface area contributed by atoms with Crippen LogP contribution < -0.4 is 15.0 Å². The van der Waals surface area contributed by atoms with Crippen molar-refractivity contribution in [1.29, 1.82) is 0 Å². The Hall–Kier alpha value is -2.15. The number of rotatable bonds is 6. The predicted octanol–water partition coefficient (Wildman–Crippen LogP) is 1.70. The van der Waals surface area contributed by atoms with Crippen molar-refractivity contribution in [3.63, 3.8) is 0 Å². The van der Waals surface area contributed by atoms with E-state index in [1.165, 1.54) is 56.2 Å². The number of benzene rings is 1. The van der Waals surface area contributed by atoms with Crippen LogP contribution in [0.15, 0.2) is 12.1 Å². The molecule has 0 saturated heterocycles. The second-order valence-corrected chi connectivity index (χ2v) is 6.50. The molecule has 1 aliphatic carbocycles. The number of aryl methyl sites for hydroxylation is 1. The van der Waals surface area contributed by atoms with E-state index in [2.05, 4.69) is 12.4 Å². The number of hydrogen-bond acceptors (Lipinski definition) is 4. The highest BCUT2D eigenvalue weighted by Crippen LogP contribution is 2.32.